The van der Waals surface area contributed by atoms with E-state index in [4.69, 9.17) is 0 Å². The Hall–Kier alpha value is -3.18. The van der Waals surface area contributed by atoms with E-state index in [9.17, 15) is 4.79 Å². The highest BCUT2D eigenvalue weighted by Crippen LogP contribution is 2.29. The van der Waals surface area contributed by atoms with Crippen LogP contribution in [0, 0.1) is 6.92 Å². The van der Waals surface area contributed by atoms with Crippen LogP contribution in [-0.2, 0) is 20.0 Å². The van der Waals surface area contributed by atoms with Crippen molar-refractivity contribution >= 4 is 10.9 Å². The van der Waals surface area contributed by atoms with Gasteiger partial charge in [-0.15, -0.1) is 0 Å². The number of nitrogens with one attached hydrogen (secondary N) is 1. The molecule has 0 atom stereocenters. The van der Waals surface area contributed by atoms with E-state index in [-0.39, 0.29) is 5.56 Å². The SMILES string of the molecule is Cc1ccc(-c2ccn(-c3ccc4c5c(n(C)c4c3)CNCC5)c(=O)c2)cn1. The van der Waals surface area contributed by atoms with Crippen LogP contribution in [-0.4, -0.2) is 20.7 Å². The number of aromatic nitrogens is 3. The predicted molar refractivity (Wildman–Crippen MR) is 112 cm³/mol. The van der Waals surface area contributed by atoms with Crippen LogP contribution in [0.25, 0.3) is 27.7 Å². The van der Waals surface area contributed by atoms with Crippen LogP contribution in [0.3, 0.4) is 0 Å². The molecule has 0 saturated carbocycles. The lowest BCUT2D eigenvalue weighted by atomic mass is 10.0. The zero-order valence-electron chi connectivity index (χ0n) is 16.1. The zero-order chi connectivity index (χ0) is 19.3. The number of aryl methyl sites for hydroxylation is 2. The molecule has 3 aromatic heterocycles. The zero-order valence-corrected chi connectivity index (χ0v) is 16.1. The van der Waals surface area contributed by atoms with Crippen LogP contribution < -0.4 is 10.9 Å². The molecule has 0 radical (unpaired) electrons. The maximum atomic E-state index is 12.8. The summed E-state index contributed by atoms with van der Waals surface area (Å²) in [7, 11) is 2.11. The van der Waals surface area contributed by atoms with Gasteiger partial charge in [0.15, 0.2) is 0 Å². The maximum absolute atomic E-state index is 12.8. The third kappa shape index (κ3) is 2.67. The first-order chi connectivity index (χ1) is 13.6. The topological polar surface area (TPSA) is 51.9 Å². The molecule has 5 rings (SSSR count). The molecule has 1 N–H and O–H groups in total. The van der Waals surface area contributed by atoms with Crippen molar-refractivity contribution in [3.05, 3.63) is 82.2 Å². The number of benzene rings is 1. The lowest BCUT2D eigenvalue weighted by Gasteiger charge is -2.14. The fourth-order valence-electron chi connectivity index (χ4n) is 4.14. The van der Waals surface area contributed by atoms with Gasteiger partial charge in [-0.25, -0.2) is 0 Å². The van der Waals surface area contributed by atoms with E-state index in [2.05, 4.69) is 34.0 Å². The summed E-state index contributed by atoms with van der Waals surface area (Å²) in [6.45, 7) is 3.87. The number of hydrogen-bond acceptors (Lipinski definition) is 3. The standard InChI is InChI=1S/C23H22N4O/c1-15-3-4-17(13-25-15)16-8-10-27(23(28)11-16)18-5-6-19-20-7-9-24-14-22(20)26(2)21(19)12-18/h3-6,8,10-13,24H,7,9,14H2,1-2H3. The Balaban J connectivity index is 1.59. The monoisotopic (exact) mass is 370 g/mol. The summed E-state index contributed by atoms with van der Waals surface area (Å²) in [4.78, 5) is 17.1. The fraction of sp³-hybridized carbons (Fsp3) is 0.217. The van der Waals surface area contributed by atoms with Crippen LogP contribution in [0.5, 0.6) is 0 Å². The summed E-state index contributed by atoms with van der Waals surface area (Å²) in [5.41, 5.74) is 7.58. The van der Waals surface area contributed by atoms with E-state index in [0.29, 0.717) is 0 Å². The quantitative estimate of drug-likeness (QED) is 0.589. The van der Waals surface area contributed by atoms with Crippen molar-refractivity contribution < 1.29 is 0 Å². The van der Waals surface area contributed by atoms with Crippen molar-refractivity contribution in [3.63, 3.8) is 0 Å². The molecule has 5 nitrogen and oxygen atoms in total. The molecule has 0 aliphatic carbocycles. The summed E-state index contributed by atoms with van der Waals surface area (Å²) >= 11 is 0. The first-order valence-corrected chi connectivity index (χ1v) is 9.59. The van der Waals surface area contributed by atoms with Crippen LogP contribution >= 0.6 is 0 Å². The second-order valence-electron chi connectivity index (χ2n) is 7.42. The molecule has 0 unspecified atom stereocenters. The number of nitrogens with zero attached hydrogens (tertiary/aromatic N) is 3. The summed E-state index contributed by atoms with van der Waals surface area (Å²) < 4.78 is 3.95. The molecule has 4 aromatic rings. The Labute approximate surface area is 163 Å². The van der Waals surface area contributed by atoms with Gasteiger partial charge in [0.05, 0.1) is 11.2 Å². The lowest BCUT2D eigenvalue weighted by Crippen LogP contribution is -2.24. The Morgan fingerprint density at radius 2 is 1.96 bits per heavy atom. The second-order valence-corrected chi connectivity index (χ2v) is 7.42. The molecule has 140 valence electrons. The average molecular weight is 370 g/mol. The number of rotatable bonds is 2. The average Bonchev–Trinajstić information content (AvgIpc) is 3.01. The summed E-state index contributed by atoms with van der Waals surface area (Å²) in [5.74, 6) is 0. The molecular formula is C23H22N4O. The van der Waals surface area contributed by atoms with Gasteiger partial charge in [0.25, 0.3) is 5.56 Å². The molecule has 0 saturated heterocycles. The van der Waals surface area contributed by atoms with Gasteiger partial charge in [0.2, 0.25) is 0 Å². The molecule has 5 heteroatoms. The van der Waals surface area contributed by atoms with E-state index < -0.39 is 0 Å². The minimum atomic E-state index is -0.0435. The van der Waals surface area contributed by atoms with E-state index in [1.165, 1.54) is 22.2 Å². The summed E-state index contributed by atoms with van der Waals surface area (Å²) in [5, 5.41) is 4.73. The molecule has 4 heterocycles. The normalized spacial score (nSPS) is 13.6. The van der Waals surface area contributed by atoms with Crippen LogP contribution in [0.4, 0.5) is 0 Å². The Bertz CT molecular complexity index is 1250. The highest BCUT2D eigenvalue weighted by molar-refractivity contribution is 5.87. The van der Waals surface area contributed by atoms with Gasteiger partial charge in [-0.3, -0.25) is 14.3 Å². The molecule has 1 aliphatic heterocycles. The van der Waals surface area contributed by atoms with Crippen molar-refractivity contribution in [3.8, 4) is 16.8 Å². The van der Waals surface area contributed by atoms with Gasteiger partial charge in [0.1, 0.15) is 0 Å². The maximum Gasteiger partial charge on any atom is 0.255 e. The first-order valence-electron chi connectivity index (χ1n) is 9.59. The van der Waals surface area contributed by atoms with E-state index in [1.54, 1.807) is 10.6 Å². The highest BCUT2D eigenvalue weighted by Gasteiger charge is 2.18. The van der Waals surface area contributed by atoms with Gasteiger partial charge >= 0.3 is 0 Å². The minimum absolute atomic E-state index is 0.0435. The van der Waals surface area contributed by atoms with Crippen molar-refractivity contribution in [1.82, 2.24) is 19.4 Å². The number of hydrogen-bond donors (Lipinski definition) is 1. The molecule has 0 spiro atoms. The largest absolute Gasteiger partial charge is 0.346 e. The molecule has 1 aromatic carbocycles. The van der Waals surface area contributed by atoms with E-state index in [0.717, 1.165) is 42.0 Å². The summed E-state index contributed by atoms with van der Waals surface area (Å²) in [6.07, 6.45) is 4.71. The van der Waals surface area contributed by atoms with Crippen LogP contribution in [0.15, 0.2) is 59.7 Å². The Morgan fingerprint density at radius 1 is 1.07 bits per heavy atom. The number of fused-ring (bicyclic) bond motifs is 3. The molecule has 0 fully saturated rings. The third-order valence-electron chi connectivity index (χ3n) is 5.71. The second kappa shape index (κ2) is 6.46. The van der Waals surface area contributed by atoms with Gasteiger partial charge in [-0.1, -0.05) is 12.1 Å². The predicted octanol–water partition coefficient (Wildman–Crippen LogP) is 3.35. The molecular weight excluding hydrogens is 348 g/mol. The van der Waals surface area contributed by atoms with Gasteiger partial charge < -0.3 is 9.88 Å². The fourth-order valence-corrected chi connectivity index (χ4v) is 4.14. The smallest absolute Gasteiger partial charge is 0.255 e. The van der Waals surface area contributed by atoms with Crippen LogP contribution in [0.1, 0.15) is 17.0 Å². The van der Waals surface area contributed by atoms with Crippen molar-refractivity contribution in [2.24, 2.45) is 7.05 Å². The van der Waals surface area contributed by atoms with E-state index in [1.807, 2.05) is 43.6 Å². The van der Waals surface area contributed by atoms with Gasteiger partial charge in [-0.05, 0) is 55.3 Å². The highest BCUT2D eigenvalue weighted by atomic mass is 16.1. The molecule has 0 bridgehead atoms. The Kier molecular flexibility index (Phi) is 3.91. The van der Waals surface area contributed by atoms with Crippen molar-refractivity contribution in [1.29, 1.82) is 0 Å². The minimum Gasteiger partial charge on any atom is -0.346 e. The van der Waals surface area contributed by atoms with E-state index >= 15 is 0 Å². The van der Waals surface area contributed by atoms with Crippen molar-refractivity contribution in [2.45, 2.75) is 19.9 Å². The van der Waals surface area contributed by atoms with Gasteiger partial charge in [-0.2, -0.15) is 0 Å². The first kappa shape index (κ1) is 17.0. The summed E-state index contributed by atoms with van der Waals surface area (Å²) in [6, 6.07) is 13.9. The Morgan fingerprint density at radius 3 is 2.75 bits per heavy atom. The molecule has 28 heavy (non-hydrogen) atoms. The third-order valence-corrected chi connectivity index (χ3v) is 5.71. The lowest BCUT2D eigenvalue weighted by molar-refractivity contribution is 0.614. The van der Waals surface area contributed by atoms with Crippen molar-refractivity contribution in [2.75, 3.05) is 6.54 Å². The van der Waals surface area contributed by atoms with Gasteiger partial charge in [0, 0.05) is 54.4 Å². The number of pyridine rings is 2. The molecule has 1 aliphatic rings. The molecule has 0 amide bonds. The van der Waals surface area contributed by atoms with Crippen LogP contribution in [0.2, 0.25) is 0 Å².